The summed E-state index contributed by atoms with van der Waals surface area (Å²) in [5.74, 6) is 0.181. The van der Waals surface area contributed by atoms with Gasteiger partial charge in [0.05, 0.1) is 13.0 Å². The minimum atomic E-state index is 0.181. The van der Waals surface area contributed by atoms with Crippen molar-refractivity contribution < 1.29 is 4.79 Å². The van der Waals surface area contributed by atoms with Gasteiger partial charge in [0.1, 0.15) is 0 Å². The number of rotatable bonds is 2. The van der Waals surface area contributed by atoms with Gasteiger partial charge in [-0.2, -0.15) is 0 Å². The lowest BCUT2D eigenvalue weighted by molar-refractivity contribution is -0.131. The Morgan fingerprint density at radius 3 is 2.83 bits per heavy atom. The van der Waals surface area contributed by atoms with Gasteiger partial charge >= 0.3 is 0 Å². The molecule has 4 rings (SSSR count). The first-order chi connectivity index (χ1) is 11.2. The molecule has 2 aromatic carbocycles. The molecule has 1 aromatic heterocycles. The second-order valence-electron chi connectivity index (χ2n) is 6.11. The topological polar surface area (TPSA) is 62.1 Å². The highest BCUT2D eigenvalue weighted by Gasteiger charge is 2.23. The number of hydrogen-bond donors (Lipinski definition) is 2. The zero-order valence-electron chi connectivity index (χ0n) is 12.9. The van der Waals surface area contributed by atoms with Crippen LogP contribution in [0, 0.1) is 0 Å². The van der Waals surface area contributed by atoms with Crippen LogP contribution in [0.4, 0.5) is 5.69 Å². The second kappa shape index (κ2) is 5.47. The van der Waals surface area contributed by atoms with Gasteiger partial charge in [0.2, 0.25) is 5.91 Å². The van der Waals surface area contributed by atoms with Crippen molar-refractivity contribution in [2.75, 3.05) is 12.3 Å². The molecule has 0 radical (unpaired) electrons. The lowest BCUT2D eigenvalue weighted by atomic mass is 10.0. The zero-order chi connectivity index (χ0) is 15.8. The Labute approximate surface area is 134 Å². The van der Waals surface area contributed by atoms with Gasteiger partial charge in [0.15, 0.2) is 0 Å². The summed E-state index contributed by atoms with van der Waals surface area (Å²) in [4.78, 5) is 17.9. The molecule has 0 aliphatic carbocycles. The van der Waals surface area contributed by atoms with Gasteiger partial charge in [-0.05, 0) is 35.7 Å². The van der Waals surface area contributed by atoms with Crippen molar-refractivity contribution in [2.24, 2.45) is 0 Å². The Morgan fingerprint density at radius 2 is 2.00 bits per heavy atom. The lowest BCUT2D eigenvalue weighted by Gasteiger charge is -2.27. The SMILES string of the molecule is Nc1ccc2[nH]c3c(c2c1)CCN(C(=O)Cc1ccccc1)C3. The van der Waals surface area contributed by atoms with Crippen LogP contribution >= 0.6 is 0 Å². The Kier molecular flexibility index (Phi) is 3.30. The summed E-state index contributed by atoms with van der Waals surface area (Å²) in [5, 5.41) is 1.19. The molecule has 1 amide bonds. The molecule has 1 aliphatic heterocycles. The van der Waals surface area contributed by atoms with Crippen molar-refractivity contribution in [3.8, 4) is 0 Å². The van der Waals surface area contributed by atoms with E-state index in [1.54, 1.807) is 0 Å². The van der Waals surface area contributed by atoms with Gasteiger partial charge in [-0.3, -0.25) is 4.79 Å². The highest BCUT2D eigenvalue weighted by Crippen LogP contribution is 2.29. The van der Waals surface area contributed by atoms with Crippen LogP contribution in [0.1, 0.15) is 16.8 Å². The van der Waals surface area contributed by atoms with Crippen LogP contribution in [0.3, 0.4) is 0 Å². The molecule has 4 heteroatoms. The predicted octanol–water partition coefficient (Wildman–Crippen LogP) is 2.88. The van der Waals surface area contributed by atoms with Crippen LogP contribution in [-0.4, -0.2) is 22.3 Å². The molecule has 1 aliphatic rings. The number of nitrogen functional groups attached to an aromatic ring is 1. The van der Waals surface area contributed by atoms with Gasteiger partial charge in [-0.1, -0.05) is 30.3 Å². The number of hydrogen-bond acceptors (Lipinski definition) is 2. The van der Waals surface area contributed by atoms with Gasteiger partial charge in [0, 0.05) is 28.8 Å². The zero-order valence-corrected chi connectivity index (χ0v) is 12.9. The average molecular weight is 305 g/mol. The largest absolute Gasteiger partial charge is 0.399 e. The number of aromatic nitrogens is 1. The number of carbonyl (C=O) groups excluding carboxylic acids is 1. The normalized spacial score (nSPS) is 14.0. The summed E-state index contributed by atoms with van der Waals surface area (Å²) in [5.41, 5.74) is 11.3. The summed E-state index contributed by atoms with van der Waals surface area (Å²) in [6, 6.07) is 15.8. The molecular weight excluding hydrogens is 286 g/mol. The van der Waals surface area contributed by atoms with Crippen LogP contribution < -0.4 is 5.73 Å². The van der Waals surface area contributed by atoms with Crippen molar-refractivity contribution in [3.63, 3.8) is 0 Å². The molecule has 0 spiro atoms. The fraction of sp³-hybridized carbons (Fsp3) is 0.211. The van der Waals surface area contributed by atoms with Crippen LogP contribution in [0.25, 0.3) is 10.9 Å². The number of nitrogens with two attached hydrogens (primary N) is 1. The van der Waals surface area contributed by atoms with E-state index in [4.69, 9.17) is 5.73 Å². The van der Waals surface area contributed by atoms with Crippen molar-refractivity contribution in [3.05, 3.63) is 65.4 Å². The van der Waals surface area contributed by atoms with E-state index in [9.17, 15) is 4.79 Å². The molecule has 2 heterocycles. The molecule has 3 N–H and O–H groups in total. The molecule has 23 heavy (non-hydrogen) atoms. The Morgan fingerprint density at radius 1 is 1.17 bits per heavy atom. The van der Waals surface area contributed by atoms with E-state index in [2.05, 4.69) is 4.98 Å². The third kappa shape index (κ3) is 2.57. The van der Waals surface area contributed by atoms with Crippen LogP contribution in [0.5, 0.6) is 0 Å². The van der Waals surface area contributed by atoms with Gasteiger partial charge in [-0.15, -0.1) is 0 Å². The first kappa shape index (κ1) is 13.9. The minimum Gasteiger partial charge on any atom is -0.399 e. The second-order valence-corrected chi connectivity index (χ2v) is 6.11. The fourth-order valence-electron chi connectivity index (χ4n) is 3.35. The molecule has 116 valence electrons. The summed E-state index contributed by atoms with van der Waals surface area (Å²) < 4.78 is 0. The van der Waals surface area contributed by atoms with Crippen LogP contribution in [-0.2, 0) is 24.2 Å². The monoisotopic (exact) mass is 305 g/mol. The quantitative estimate of drug-likeness (QED) is 0.715. The van der Waals surface area contributed by atoms with Crippen LogP contribution in [0.2, 0.25) is 0 Å². The number of benzene rings is 2. The molecule has 3 aromatic rings. The maximum absolute atomic E-state index is 12.5. The van der Waals surface area contributed by atoms with E-state index < -0.39 is 0 Å². The predicted molar refractivity (Wildman–Crippen MR) is 92.0 cm³/mol. The summed E-state index contributed by atoms with van der Waals surface area (Å²) in [6.45, 7) is 1.41. The molecule has 4 nitrogen and oxygen atoms in total. The molecule has 0 saturated heterocycles. The molecule has 0 fully saturated rings. The maximum atomic E-state index is 12.5. The van der Waals surface area contributed by atoms with E-state index in [0.29, 0.717) is 13.0 Å². The molecule has 0 bridgehead atoms. The number of nitrogens with one attached hydrogen (secondary N) is 1. The lowest BCUT2D eigenvalue weighted by Crippen LogP contribution is -2.36. The highest BCUT2D eigenvalue weighted by molar-refractivity contribution is 5.88. The van der Waals surface area contributed by atoms with Gasteiger partial charge in [0.25, 0.3) is 0 Å². The number of fused-ring (bicyclic) bond motifs is 3. The van der Waals surface area contributed by atoms with Gasteiger partial charge < -0.3 is 15.6 Å². The Bertz CT molecular complexity index is 867. The number of anilines is 1. The standard InChI is InChI=1S/C19H19N3O/c20-14-6-7-17-16(11-14)15-8-9-22(12-18(15)21-17)19(23)10-13-4-2-1-3-5-13/h1-7,11,21H,8-10,12,20H2. The number of carbonyl (C=O) groups is 1. The maximum Gasteiger partial charge on any atom is 0.227 e. The first-order valence-corrected chi connectivity index (χ1v) is 7.91. The Hall–Kier alpha value is -2.75. The highest BCUT2D eigenvalue weighted by atomic mass is 16.2. The van der Waals surface area contributed by atoms with Crippen molar-refractivity contribution >= 4 is 22.5 Å². The average Bonchev–Trinajstić information content (AvgIpc) is 2.92. The molecule has 0 saturated carbocycles. The van der Waals surface area contributed by atoms with E-state index >= 15 is 0 Å². The van der Waals surface area contributed by atoms with E-state index in [0.717, 1.165) is 35.4 Å². The van der Waals surface area contributed by atoms with Gasteiger partial charge in [-0.25, -0.2) is 0 Å². The summed E-state index contributed by atoms with van der Waals surface area (Å²) in [6.07, 6.45) is 1.34. The first-order valence-electron chi connectivity index (χ1n) is 7.91. The smallest absolute Gasteiger partial charge is 0.227 e. The Balaban J connectivity index is 1.57. The number of amides is 1. The van der Waals surface area contributed by atoms with E-state index in [1.807, 2.05) is 53.4 Å². The van der Waals surface area contributed by atoms with Crippen molar-refractivity contribution in [2.45, 2.75) is 19.4 Å². The summed E-state index contributed by atoms with van der Waals surface area (Å²) >= 11 is 0. The van der Waals surface area contributed by atoms with Crippen molar-refractivity contribution in [1.82, 2.24) is 9.88 Å². The third-order valence-electron chi connectivity index (χ3n) is 4.55. The van der Waals surface area contributed by atoms with E-state index in [-0.39, 0.29) is 5.91 Å². The molecule has 0 unspecified atom stereocenters. The molecule has 0 atom stereocenters. The minimum absolute atomic E-state index is 0.181. The van der Waals surface area contributed by atoms with Crippen molar-refractivity contribution in [1.29, 1.82) is 0 Å². The van der Waals surface area contributed by atoms with Crippen LogP contribution in [0.15, 0.2) is 48.5 Å². The fourth-order valence-corrected chi connectivity index (χ4v) is 3.35. The third-order valence-corrected chi connectivity index (χ3v) is 4.55. The summed E-state index contributed by atoms with van der Waals surface area (Å²) in [7, 11) is 0. The number of aromatic amines is 1. The number of H-pyrrole nitrogens is 1. The molecular formula is C19H19N3O. The van der Waals surface area contributed by atoms with E-state index in [1.165, 1.54) is 10.9 Å². The number of nitrogens with zero attached hydrogens (tertiary/aromatic N) is 1.